The molecule has 0 aromatic heterocycles. The number of nitrogens with zero attached hydrogens (tertiary/aromatic N) is 2. The summed E-state index contributed by atoms with van der Waals surface area (Å²) < 4.78 is 0. The second-order valence-corrected chi connectivity index (χ2v) is 2.85. The summed E-state index contributed by atoms with van der Waals surface area (Å²) in [6.07, 6.45) is 0. The lowest BCUT2D eigenvalue weighted by molar-refractivity contribution is -0.384. The molecule has 0 unspecified atom stereocenters. The van der Waals surface area contributed by atoms with Crippen molar-refractivity contribution in [2.24, 2.45) is 0 Å². The molecule has 7 heteroatoms. The normalized spacial score (nSPS) is 9.19. The Hall–Kier alpha value is -2.62. The van der Waals surface area contributed by atoms with Crippen molar-refractivity contribution in [3.8, 4) is 6.07 Å². The van der Waals surface area contributed by atoms with Gasteiger partial charge in [0.15, 0.2) is 0 Å². The highest BCUT2D eigenvalue weighted by atomic mass is 16.6. The van der Waals surface area contributed by atoms with Crippen LogP contribution < -0.4 is 5.32 Å². The van der Waals surface area contributed by atoms with Crippen LogP contribution in [-0.2, 0) is 4.79 Å². The van der Waals surface area contributed by atoms with Crippen molar-refractivity contribution in [2.75, 3.05) is 11.9 Å². The number of nitro groups is 1. The monoisotopic (exact) mass is 221 g/mol. The number of carbonyl (C=O) groups is 1. The van der Waals surface area contributed by atoms with Gasteiger partial charge in [-0.15, -0.1) is 0 Å². The molecule has 0 bridgehead atoms. The van der Waals surface area contributed by atoms with Gasteiger partial charge in [-0.3, -0.25) is 14.9 Å². The summed E-state index contributed by atoms with van der Waals surface area (Å²) in [5.74, 6) is -1.14. The second kappa shape index (κ2) is 4.75. The zero-order valence-electron chi connectivity index (χ0n) is 8.01. The zero-order valence-corrected chi connectivity index (χ0v) is 8.01. The van der Waals surface area contributed by atoms with E-state index in [0.29, 0.717) is 0 Å². The summed E-state index contributed by atoms with van der Waals surface area (Å²) in [7, 11) is 0. The van der Waals surface area contributed by atoms with Crippen LogP contribution >= 0.6 is 0 Å². The van der Waals surface area contributed by atoms with Gasteiger partial charge in [-0.2, -0.15) is 5.26 Å². The zero-order chi connectivity index (χ0) is 12.1. The first-order chi connectivity index (χ1) is 7.54. The van der Waals surface area contributed by atoms with Gasteiger partial charge in [0.05, 0.1) is 16.6 Å². The van der Waals surface area contributed by atoms with Gasteiger partial charge in [-0.05, 0) is 12.1 Å². The molecular weight excluding hydrogens is 214 g/mol. The van der Waals surface area contributed by atoms with Crippen LogP contribution in [0.15, 0.2) is 18.2 Å². The standard InChI is InChI=1S/C9H7N3O4/c10-4-6-1-2-8(12(15)16)7(3-6)11-5-9(13)14/h1-3,11H,5H2,(H,13,14). The molecule has 2 N–H and O–H groups in total. The predicted molar refractivity (Wildman–Crippen MR) is 53.9 cm³/mol. The molecule has 0 saturated heterocycles. The van der Waals surface area contributed by atoms with Gasteiger partial charge in [-0.25, -0.2) is 0 Å². The number of rotatable bonds is 4. The van der Waals surface area contributed by atoms with Crippen LogP contribution in [0.5, 0.6) is 0 Å². The van der Waals surface area contributed by atoms with Crippen molar-refractivity contribution in [3.63, 3.8) is 0 Å². The van der Waals surface area contributed by atoms with Crippen LogP contribution in [0, 0.1) is 21.4 Å². The Morgan fingerprint density at radius 3 is 2.81 bits per heavy atom. The third kappa shape index (κ3) is 2.68. The number of hydrogen-bond donors (Lipinski definition) is 2. The Balaban J connectivity index is 3.06. The summed E-state index contributed by atoms with van der Waals surface area (Å²) in [4.78, 5) is 20.3. The quantitative estimate of drug-likeness (QED) is 0.577. The molecule has 0 atom stereocenters. The van der Waals surface area contributed by atoms with Crippen LogP contribution in [-0.4, -0.2) is 22.5 Å². The fourth-order valence-electron chi connectivity index (χ4n) is 1.08. The minimum absolute atomic E-state index is 0.0199. The van der Waals surface area contributed by atoms with E-state index < -0.39 is 17.4 Å². The van der Waals surface area contributed by atoms with Crippen molar-refractivity contribution in [3.05, 3.63) is 33.9 Å². The van der Waals surface area contributed by atoms with Crippen LogP contribution in [0.1, 0.15) is 5.56 Å². The Morgan fingerprint density at radius 1 is 1.62 bits per heavy atom. The average molecular weight is 221 g/mol. The molecule has 82 valence electrons. The number of anilines is 1. The number of benzene rings is 1. The first-order valence-electron chi connectivity index (χ1n) is 4.19. The molecule has 16 heavy (non-hydrogen) atoms. The highest BCUT2D eigenvalue weighted by Gasteiger charge is 2.14. The molecule has 0 aliphatic rings. The van der Waals surface area contributed by atoms with Gasteiger partial charge in [0.25, 0.3) is 5.69 Å². The molecular formula is C9H7N3O4. The van der Waals surface area contributed by atoms with Crippen LogP contribution in [0.4, 0.5) is 11.4 Å². The van der Waals surface area contributed by atoms with Crippen molar-refractivity contribution in [2.45, 2.75) is 0 Å². The minimum atomic E-state index is -1.14. The van der Waals surface area contributed by atoms with E-state index in [4.69, 9.17) is 10.4 Å². The van der Waals surface area contributed by atoms with Gasteiger partial charge in [0.1, 0.15) is 12.2 Å². The number of hydrogen-bond acceptors (Lipinski definition) is 5. The number of nitro benzene ring substituents is 1. The molecule has 0 spiro atoms. The molecule has 0 fully saturated rings. The smallest absolute Gasteiger partial charge is 0.322 e. The first kappa shape index (κ1) is 11.5. The lowest BCUT2D eigenvalue weighted by Crippen LogP contribution is -2.13. The van der Waals surface area contributed by atoms with Crippen LogP contribution in [0.3, 0.4) is 0 Å². The molecule has 1 aromatic rings. The highest BCUT2D eigenvalue weighted by molar-refractivity contribution is 5.75. The molecule has 0 amide bonds. The largest absolute Gasteiger partial charge is 0.480 e. The number of carboxylic acid groups (broad SMARTS) is 1. The average Bonchev–Trinajstić information content (AvgIpc) is 2.25. The van der Waals surface area contributed by atoms with Crippen molar-refractivity contribution in [1.29, 1.82) is 5.26 Å². The van der Waals surface area contributed by atoms with Gasteiger partial charge >= 0.3 is 5.97 Å². The highest BCUT2D eigenvalue weighted by Crippen LogP contribution is 2.24. The molecule has 7 nitrogen and oxygen atoms in total. The summed E-state index contributed by atoms with van der Waals surface area (Å²) in [6.45, 7) is -0.449. The van der Waals surface area contributed by atoms with Gasteiger partial charge < -0.3 is 10.4 Å². The Morgan fingerprint density at radius 2 is 2.31 bits per heavy atom. The topological polar surface area (TPSA) is 116 Å². The van der Waals surface area contributed by atoms with Gasteiger partial charge in [0.2, 0.25) is 0 Å². The second-order valence-electron chi connectivity index (χ2n) is 2.85. The van der Waals surface area contributed by atoms with Gasteiger partial charge in [0, 0.05) is 6.07 Å². The first-order valence-corrected chi connectivity index (χ1v) is 4.19. The third-order valence-corrected chi connectivity index (χ3v) is 1.75. The molecule has 0 saturated carbocycles. The van der Waals surface area contributed by atoms with Crippen molar-refractivity contribution < 1.29 is 14.8 Å². The van der Waals surface area contributed by atoms with E-state index in [9.17, 15) is 14.9 Å². The molecule has 0 aliphatic carbocycles. The lowest BCUT2D eigenvalue weighted by Gasteiger charge is -2.04. The van der Waals surface area contributed by atoms with Crippen molar-refractivity contribution in [1.82, 2.24) is 0 Å². The predicted octanol–water partition coefficient (Wildman–Crippen LogP) is 0.963. The summed E-state index contributed by atoms with van der Waals surface area (Å²) in [5, 5.41) is 30.0. The number of aliphatic carboxylic acids is 1. The summed E-state index contributed by atoms with van der Waals surface area (Å²) in [6, 6.07) is 5.50. The van der Waals surface area contributed by atoms with E-state index in [-0.39, 0.29) is 16.9 Å². The lowest BCUT2D eigenvalue weighted by atomic mass is 10.2. The van der Waals surface area contributed by atoms with E-state index in [1.165, 1.54) is 12.1 Å². The summed E-state index contributed by atoms with van der Waals surface area (Å²) >= 11 is 0. The van der Waals surface area contributed by atoms with E-state index in [2.05, 4.69) is 5.32 Å². The number of carboxylic acids is 1. The van der Waals surface area contributed by atoms with E-state index >= 15 is 0 Å². The Bertz CT molecular complexity index is 478. The number of nitriles is 1. The number of nitrogens with one attached hydrogen (secondary N) is 1. The molecule has 0 heterocycles. The minimum Gasteiger partial charge on any atom is -0.480 e. The molecule has 0 aliphatic heterocycles. The van der Waals surface area contributed by atoms with Crippen molar-refractivity contribution >= 4 is 17.3 Å². The maximum atomic E-state index is 10.6. The molecule has 1 aromatic carbocycles. The van der Waals surface area contributed by atoms with Gasteiger partial charge in [-0.1, -0.05) is 0 Å². The van der Waals surface area contributed by atoms with E-state index in [1.54, 1.807) is 0 Å². The summed E-state index contributed by atoms with van der Waals surface area (Å²) in [5.41, 5.74) is -0.0230. The maximum absolute atomic E-state index is 10.6. The SMILES string of the molecule is N#Cc1ccc([N+](=O)[O-])c(NCC(=O)O)c1. The van der Waals surface area contributed by atoms with Crippen LogP contribution in [0.25, 0.3) is 0 Å². The Labute approximate surface area is 90.1 Å². The third-order valence-electron chi connectivity index (χ3n) is 1.75. The van der Waals surface area contributed by atoms with E-state index in [0.717, 1.165) is 6.07 Å². The van der Waals surface area contributed by atoms with E-state index in [1.807, 2.05) is 6.07 Å². The fraction of sp³-hybridized carbons (Fsp3) is 0.111. The maximum Gasteiger partial charge on any atom is 0.322 e. The molecule has 0 radical (unpaired) electrons. The Kier molecular flexibility index (Phi) is 3.40. The van der Waals surface area contributed by atoms with Crippen LogP contribution in [0.2, 0.25) is 0 Å². The fourth-order valence-corrected chi connectivity index (χ4v) is 1.08. The molecule has 1 rings (SSSR count).